The van der Waals surface area contributed by atoms with Crippen molar-refractivity contribution >= 4 is 50.7 Å². The van der Waals surface area contributed by atoms with E-state index in [1.165, 1.54) is 0 Å². The predicted molar refractivity (Wildman–Crippen MR) is 112 cm³/mol. The van der Waals surface area contributed by atoms with E-state index in [0.717, 1.165) is 6.42 Å². The number of hydrogen-bond acceptors (Lipinski definition) is 4. The zero-order valence-electron chi connectivity index (χ0n) is 15.3. The Hall–Kier alpha value is -2.09. The standard InChI is InChI=1S/C20H20BrClN2O4/c1-2-27-18-15(21)10-13(22)11-16(18)24-19(25)12-5-3-6-14(9-12)23-20(26)17-7-4-8-28-17/h3,5-6,9-11,17H,2,4,7-8H2,1H3,(H,23,26)(H,24,25). The molecule has 8 heteroatoms. The largest absolute Gasteiger partial charge is 0.491 e. The Bertz CT molecular complexity index is 885. The van der Waals surface area contributed by atoms with Crippen LogP contribution in [0.4, 0.5) is 11.4 Å². The number of nitrogens with one attached hydrogen (secondary N) is 2. The summed E-state index contributed by atoms with van der Waals surface area (Å²) in [5.74, 6) is -0.0427. The molecule has 1 atom stereocenters. The van der Waals surface area contributed by atoms with Crippen molar-refractivity contribution in [3.8, 4) is 5.75 Å². The normalized spacial score (nSPS) is 15.9. The zero-order chi connectivity index (χ0) is 20.1. The molecule has 2 aromatic rings. The van der Waals surface area contributed by atoms with Crippen molar-refractivity contribution in [2.75, 3.05) is 23.8 Å². The molecule has 6 nitrogen and oxygen atoms in total. The number of halogens is 2. The van der Waals surface area contributed by atoms with E-state index in [2.05, 4.69) is 26.6 Å². The van der Waals surface area contributed by atoms with E-state index in [1.807, 2.05) is 6.92 Å². The Morgan fingerprint density at radius 3 is 2.82 bits per heavy atom. The minimum Gasteiger partial charge on any atom is -0.491 e. The summed E-state index contributed by atoms with van der Waals surface area (Å²) in [5.41, 5.74) is 1.38. The molecule has 1 aliphatic rings. The molecule has 3 rings (SSSR count). The minimum atomic E-state index is -0.435. The number of rotatable bonds is 6. The lowest BCUT2D eigenvalue weighted by Crippen LogP contribution is -2.27. The van der Waals surface area contributed by atoms with Gasteiger partial charge < -0.3 is 20.1 Å². The van der Waals surface area contributed by atoms with E-state index in [-0.39, 0.29) is 11.8 Å². The summed E-state index contributed by atoms with van der Waals surface area (Å²) in [7, 11) is 0. The Labute approximate surface area is 176 Å². The summed E-state index contributed by atoms with van der Waals surface area (Å²) in [5, 5.41) is 6.07. The number of amides is 2. The van der Waals surface area contributed by atoms with Crippen LogP contribution < -0.4 is 15.4 Å². The molecule has 28 heavy (non-hydrogen) atoms. The van der Waals surface area contributed by atoms with E-state index in [9.17, 15) is 9.59 Å². The monoisotopic (exact) mass is 466 g/mol. The summed E-state index contributed by atoms with van der Waals surface area (Å²) in [4.78, 5) is 24.9. The van der Waals surface area contributed by atoms with Crippen LogP contribution in [0.1, 0.15) is 30.1 Å². The van der Waals surface area contributed by atoms with Crippen molar-refractivity contribution in [2.45, 2.75) is 25.9 Å². The maximum atomic E-state index is 12.7. The molecule has 0 saturated carbocycles. The fraction of sp³-hybridized carbons (Fsp3) is 0.300. The molecule has 1 fully saturated rings. The van der Waals surface area contributed by atoms with E-state index < -0.39 is 6.10 Å². The molecule has 0 radical (unpaired) electrons. The van der Waals surface area contributed by atoms with Gasteiger partial charge in [-0.3, -0.25) is 9.59 Å². The summed E-state index contributed by atoms with van der Waals surface area (Å²) in [6, 6.07) is 10.0. The van der Waals surface area contributed by atoms with E-state index in [0.29, 0.717) is 51.8 Å². The molecule has 148 valence electrons. The highest BCUT2D eigenvalue weighted by molar-refractivity contribution is 9.10. The first-order chi connectivity index (χ1) is 13.5. The second-order valence-corrected chi connectivity index (χ2v) is 7.51. The average molecular weight is 468 g/mol. The first kappa shape index (κ1) is 20.6. The van der Waals surface area contributed by atoms with Gasteiger partial charge >= 0.3 is 0 Å². The van der Waals surface area contributed by atoms with Gasteiger partial charge in [0.05, 0.1) is 16.8 Å². The number of carbonyl (C=O) groups excluding carboxylic acids is 2. The van der Waals surface area contributed by atoms with Crippen LogP contribution in [0, 0.1) is 0 Å². The lowest BCUT2D eigenvalue weighted by atomic mass is 10.1. The first-order valence-electron chi connectivity index (χ1n) is 8.93. The number of benzene rings is 2. The van der Waals surface area contributed by atoms with Gasteiger partial charge in [0, 0.05) is 22.9 Å². The molecule has 2 amide bonds. The van der Waals surface area contributed by atoms with Gasteiger partial charge in [-0.1, -0.05) is 17.7 Å². The van der Waals surface area contributed by atoms with Crippen LogP contribution in [-0.4, -0.2) is 31.1 Å². The van der Waals surface area contributed by atoms with Gasteiger partial charge in [-0.25, -0.2) is 0 Å². The van der Waals surface area contributed by atoms with Crippen molar-refractivity contribution in [2.24, 2.45) is 0 Å². The minimum absolute atomic E-state index is 0.201. The molecule has 2 N–H and O–H groups in total. The molecule has 0 spiro atoms. The summed E-state index contributed by atoms with van der Waals surface area (Å²) >= 11 is 9.50. The smallest absolute Gasteiger partial charge is 0.255 e. The molecule has 2 aromatic carbocycles. The summed E-state index contributed by atoms with van der Waals surface area (Å²) < 4.78 is 11.6. The molecule has 1 aliphatic heterocycles. The van der Waals surface area contributed by atoms with Gasteiger partial charge in [0.1, 0.15) is 6.10 Å². The van der Waals surface area contributed by atoms with Gasteiger partial charge in [-0.2, -0.15) is 0 Å². The molecular formula is C20H20BrClN2O4. The van der Waals surface area contributed by atoms with Crippen LogP contribution in [0.25, 0.3) is 0 Å². The third kappa shape index (κ3) is 5.04. The van der Waals surface area contributed by atoms with Gasteiger partial charge in [-0.15, -0.1) is 0 Å². The van der Waals surface area contributed by atoms with Gasteiger partial charge in [-0.05, 0) is 66.0 Å². The maximum absolute atomic E-state index is 12.7. The Balaban J connectivity index is 1.75. The van der Waals surface area contributed by atoms with Crippen molar-refractivity contribution in [3.05, 3.63) is 51.5 Å². The van der Waals surface area contributed by atoms with Crippen LogP contribution in [0.15, 0.2) is 40.9 Å². The SMILES string of the molecule is CCOc1c(Br)cc(Cl)cc1NC(=O)c1cccc(NC(=O)C2CCCO2)c1. The van der Waals surface area contributed by atoms with Crippen molar-refractivity contribution in [1.29, 1.82) is 0 Å². The lowest BCUT2D eigenvalue weighted by Gasteiger charge is -2.14. The second kappa shape index (κ2) is 9.41. The Kier molecular flexibility index (Phi) is 6.93. The van der Waals surface area contributed by atoms with Gasteiger partial charge in [0.2, 0.25) is 0 Å². The van der Waals surface area contributed by atoms with Gasteiger partial charge in [0.25, 0.3) is 11.8 Å². The fourth-order valence-corrected chi connectivity index (χ4v) is 3.81. The van der Waals surface area contributed by atoms with E-state index in [1.54, 1.807) is 36.4 Å². The molecule has 0 aromatic heterocycles. The van der Waals surface area contributed by atoms with Gasteiger partial charge in [0.15, 0.2) is 5.75 Å². The van der Waals surface area contributed by atoms with Crippen LogP contribution in [0.2, 0.25) is 5.02 Å². The Morgan fingerprint density at radius 1 is 1.29 bits per heavy atom. The third-order valence-electron chi connectivity index (χ3n) is 4.16. The quantitative estimate of drug-likeness (QED) is 0.635. The highest BCUT2D eigenvalue weighted by Gasteiger charge is 2.23. The summed E-state index contributed by atoms with van der Waals surface area (Å²) in [6.45, 7) is 2.89. The van der Waals surface area contributed by atoms with E-state index >= 15 is 0 Å². The fourth-order valence-electron chi connectivity index (χ4n) is 2.88. The molecule has 0 bridgehead atoms. The maximum Gasteiger partial charge on any atom is 0.255 e. The summed E-state index contributed by atoms with van der Waals surface area (Å²) in [6.07, 6.45) is 1.14. The predicted octanol–water partition coefficient (Wildman–Crippen LogP) is 4.87. The van der Waals surface area contributed by atoms with Crippen LogP contribution >= 0.6 is 27.5 Å². The van der Waals surface area contributed by atoms with Crippen molar-refractivity contribution < 1.29 is 19.1 Å². The number of ether oxygens (including phenoxy) is 2. The number of hydrogen-bond donors (Lipinski definition) is 2. The second-order valence-electron chi connectivity index (χ2n) is 6.22. The third-order valence-corrected chi connectivity index (χ3v) is 4.97. The van der Waals surface area contributed by atoms with Crippen LogP contribution in [0.5, 0.6) is 5.75 Å². The molecule has 1 saturated heterocycles. The van der Waals surface area contributed by atoms with Crippen LogP contribution in [-0.2, 0) is 9.53 Å². The highest BCUT2D eigenvalue weighted by Crippen LogP contribution is 2.37. The van der Waals surface area contributed by atoms with Crippen molar-refractivity contribution in [1.82, 2.24) is 0 Å². The highest BCUT2D eigenvalue weighted by atomic mass is 79.9. The number of carbonyl (C=O) groups is 2. The molecule has 1 unspecified atom stereocenters. The van der Waals surface area contributed by atoms with E-state index in [4.69, 9.17) is 21.1 Å². The average Bonchev–Trinajstić information content (AvgIpc) is 3.19. The van der Waals surface area contributed by atoms with Crippen LogP contribution in [0.3, 0.4) is 0 Å². The molecular weight excluding hydrogens is 448 g/mol. The number of anilines is 2. The lowest BCUT2D eigenvalue weighted by molar-refractivity contribution is -0.124. The zero-order valence-corrected chi connectivity index (χ0v) is 17.6. The molecule has 0 aliphatic carbocycles. The molecule has 1 heterocycles. The first-order valence-corrected chi connectivity index (χ1v) is 10.1. The van der Waals surface area contributed by atoms with Crippen molar-refractivity contribution in [3.63, 3.8) is 0 Å². The topological polar surface area (TPSA) is 76.7 Å². The Morgan fingerprint density at radius 2 is 2.11 bits per heavy atom.